The number of esters is 1. The Morgan fingerprint density at radius 2 is 1.81 bits per heavy atom. The highest BCUT2D eigenvalue weighted by Crippen LogP contribution is 2.24. The largest absolute Gasteiger partial charge is 0.477 e. The number of ether oxygens (including phenoxy) is 1. The molecule has 2 rings (SSSR count). The van der Waals surface area contributed by atoms with Crippen molar-refractivity contribution >= 4 is 11.9 Å². The standard InChI is InChI=1S/C16H17NO4/c1-10-13(16(20)21-3)11(2)17(14(10)15(18)19)9-12-7-5-4-6-8-12/h4-8H,9H2,1-3H3,(H,18,19). The van der Waals surface area contributed by atoms with Gasteiger partial charge >= 0.3 is 11.9 Å². The molecule has 0 saturated carbocycles. The van der Waals surface area contributed by atoms with E-state index in [1.54, 1.807) is 18.4 Å². The van der Waals surface area contributed by atoms with Gasteiger partial charge in [-0.2, -0.15) is 0 Å². The molecule has 1 aromatic carbocycles. The number of aromatic nitrogens is 1. The first-order valence-corrected chi connectivity index (χ1v) is 6.52. The Hall–Kier alpha value is -2.56. The third kappa shape index (κ3) is 2.67. The zero-order valence-electron chi connectivity index (χ0n) is 12.2. The molecule has 0 atom stereocenters. The Morgan fingerprint density at radius 1 is 1.19 bits per heavy atom. The number of aromatic carboxylic acids is 1. The topological polar surface area (TPSA) is 68.5 Å². The maximum atomic E-state index is 11.9. The maximum Gasteiger partial charge on any atom is 0.352 e. The van der Waals surface area contributed by atoms with Crippen molar-refractivity contribution in [2.45, 2.75) is 20.4 Å². The minimum atomic E-state index is -1.05. The fraction of sp³-hybridized carbons (Fsp3) is 0.250. The molecule has 0 aliphatic rings. The van der Waals surface area contributed by atoms with Crippen molar-refractivity contribution in [1.82, 2.24) is 4.57 Å². The van der Waals surface area contributed by atoms with Crippen LogP contribution in [0.25, 0.3) is 0 Å². The van der Waals surface area contributed by atoms with Crippen LogP contribution < -0.4 is 0 Å². The summed E-state index contributed by atoms with van der Waals surface area (Å²) < 4.78 is 6.39. The highest BCUT2D eigenvalue weighted by atomic mass is 16.5. The SMILES string of the molecule is COC(=O)c1c(C)c(C(=O)O)n(Cc2ccccc2)c1C. The second-order valence-electron chi connectivity index (χ2n) is 4.80. The van der Waals surface area contributed by atoms with Gasteiger partial charge in [-0.25, -0.2) is 9.59 Å². The highest BCUT2D eigenvalue weighted by Gasteiger charge is 2.26. The average Bonchev–Trinajstić information content (AvgIpc) is 2.70. The third-order valence-electron chi connectivity index (χ3n) is 3.54. The zero-order valence-corrected chi connectivity index (χ0v) is 12.2. The van der Waals surface area contributed by atoms with E-state index in [-0.39, 0.29) is 5.69 Å². The molecule has 0 radical (unpaired) electrons. The number of carbonyl (C=O) groups is 2. The van der Waals surface area contributed by atoms with E-state index in [1.165, 1.54) is 7.11 Å². The molecule has 5 heteroatoms. The first-order valence-electron chi connectivity index (χ1n) is 6.52. The highest BCUT2D eigenvalue weighted by molar-refractivity contribution is 5.98. The lowest BCUT2D eigenvalue weighted by atomic mass is 10.1. The van der Waals surface area contributed by atoms with Gasteiger partial charge in [-0.3, -0.25) is 0 Å². The van der Waals surface area contributed by atoms with Crippen LogP contribution in [-0.4, -0.2) is 28.7 Å². The van der Waals surface area contributed by atoms with Gasteiger partial charge in [0.25, 0.3) is 0 Å². The predicted octanol–water partition coefficient (Wildman–Crippen LogP) is 2.64. The fourth-order valence-corrected chi connectivity index (χ4v) is 2.54. The smallest absolute Gasteiger partial charge is 0.352 e. The Balaban J connectivity index is 2.59. The van der Waals surface area contributed by atoms with Gasteiger partial charge < -0.3 is 14.4 Å². The van der Waals surface area contributed by atoms with E-state index >= 15 is 0 Å². The summed E-state index contributed by atoms with van der Waals surface area (Å²) in [4.78, 5) is 23.4. The Kier molecular flexibility index (Phi) is 4.12. The van der Waals surface area contributed by atoms with Gasteiger partial charge in [-0.1, -0.05) is 30.3 Å². The van der Waals surface area contributed by atoms with E-state index < -0.39 is 11.9 Å². The summed E-state index contributed by atoms with van der Waals surface area (Å²) in [5.74, 6) is -1.57. The maximum absolute atomic E-state index is 11.9. The minimum absolute atomic E-state index is 0.122. The van der Waals surface area contributed by atoms with Crippen molar-refractivity contribution < 1.29 is 19.4 Å². The number of benzene rings is 1. The minimum Gasteiger partial charge on any atom is -0.477 e. The van der Waals surface area contributed by atoms with E-state index in [9.17, 15) is 14.7 Å². The van der Waals surface area contributed by atoms with Gasteiger partial charge in [-0.15, -0.1) is 0 Å². The molecule has 1 N–H and O–H groups in total. The molecular weight excluding hydrogens is 270 g/mol. The summed E-state index contributed by atoms with van der Waals surface area (Å²) in [6.45, 7) is 3.75. The van der Waals surface area contributed by atoms with Crippen LogP contribution >= 0.6 is 0 Å². The van der Waals surface area contributed by atoms with E-state index in [4.69, 9.17) is 4.74 Å². The number of carboxylic acids is 1. The van der Waals surface area contributed by atoms with Crippen LogP contribution in [0.2, 0.25) is 0 Å². The first kappa shape index (κ1) is 14.8. The monoisotopic (exact) mass is 287 g/mol. The van der Waals surface area contributed by atoms with Crippen molar-refractivity contribution in [2.75, 3.05) is 7.11 Å². The predicted molar refractivity (Wildman–Crippen MR) is 77.7 cm³/mol. The van der Waals surface area contributed by atoms with Crippen molar-refractivity contribution in [3.05, 3.63) is 58.4 Å². The van der Waals surface area contributed by atoms with Gasteiger partial charge in [0.1, 0.15) is 5.69 Å². The van der Waals surface area contributed by atoms with E-state index in [0.717, 1.165) is 5.56 Å². The number of rotatable bonds is 4. The summed E-state index contributed by atoms with van der Waals surface area (Å²) in [7, 11) is 1.29. The second kappa shape index (κ2) is 5.83. The van der Waals surface area contributed by atoms with Crippen molar-refractivity contribution in [3.8, 4) is 0 Å². The summed E-state index contributed by atoms with van der Waals surface area (Å²) in [5, 5.41) is 9.44. The molecule has 2 aromatic rings. The van der Waals surface area contributed by atoms with Crippen LogP contribution in [0.1, 0.15) is 37.7 Å². The summed E-state index contributed by atoms with van der Waals surface area (Å²) in [6.07, 6.45) is 0. The zero-order chi connectivity index (χ0) is 15.6. The average molecular weight is 287 g/mol. The Morgan fingerprint density at radius 3 is 2.33 bits per heavy atom. The normalized spacial score (nSPS) is 10.4. The lowest BCUT2D eigenvalue weighted by Gasteiger charge is -2.10. The fourth-order valence-electron chi connectivity index (χ4n) is 2.54. The second-order valence-corrected chi connectivity index (χ2v) is 4.80. The van der Waals surface area contributed by atoms with Crippen LogP contribution in [0.4, 0.5) is 0 Å². The van der Waals surface area contributed by atoms with Crippen molar-refractivity contribution in [2.24, 2.45) is 0 Å². The Labute approximate surface area is 122 Å². The lowest BCUT2D eigenvalue weighted by Crippen LogP contribution is -2.11. The van der Waals surface area contributed by atoms with Gasteiger partial charge in [0.2, 0.25) is 0 Å². The first-order chi connectivity index (χ1) is 9.97. The molecule has 0 aliphatic heterocycles. The van der Waals surface area contributed by atoms with Crippen molar-refractivity contribution in [3.63, 3.8) is 0 Å². The Bertz CT molecular complexity index is 686. The molecule has 21 heavy (non-hydrogen) atoms. The number of carboxylic acid groups (broad SMARTS) is 1. The van der Waals surface area contributed by atoms with Gasteiger partial charge in [0.15, 0.2) is 0 Å². The van der Waals surface area contributed by atoms with Crippen molar-refractivity contribution in [1.29, 1.82) is 0 Å². The molecule has 0 spiro atoms. The van der Waals surface area contributed by atoms with E-state index in [2.05, 4.69) is 0 Å². The van der Waals surface area contributed by atoms with Gasteiger partial charge in [0.05, 0.1) is 12.7 Å². The number of hydrogen-bond donors (Lipinski definition) is 1. The lowest BCUT2D eigenvalue weighted by molar-refractivity contribution is 0.0598. The number of carbonyl (C=O) groups excluding carboxylic acids is 1. The molecule has 0 saturated heterocycles. The molecule has 1 aromatic heterocycles. The third-order valence-corrected chi connectivity index (χ3v) is 3.54. The van der Waals surface area contributed by atoms with Crippen LogP contribution in [-0.2, 0) is 11.3 Å². The summed E-state index contributed by atoms with van der Waals surface area (Å²) >= 11 is 0. The molecule has 1 heterocycles. The van der Waals surface area contributed by atoms with Gasteiger partial charge in [-0.05, 0) is 25.0 Å². The quantitative estimate of drug-likeness (QED) is 0.878. The number of nitrogens with zero attached hydrogens (tertiary/aromatic N) is 1. The van der Waals surface area contributed by atoms with E-state index in [0.29, 0.717) is 23.4 Å². The van der Waals surface area contributed by atoms with Crippen LogP contribution in [0.3, 0.4) is 0 Å². The molecule has 0 fully saturated rings. The molecule has 0 amide bonds. The van der Waals surface area contributed by atoms with Gasteiger partial charge in [0, 0.05) is 12.2 Å². The van der Waals surface area contributed by atoms with E-state index in [1.807, 2.05) is 30.3 Å². The summed E-state index contributed by atoms with van der Waals surface area (Å²) in [6, 6.07) is 9.51. The molecular formula is C16H17NO4. The molecule has 0 unspecified atom stereocenters. The number of methoxy groups -OCH3 is 1. The molecule has 0 bridgehead atoms. The van der Waals surface area contributed by atoms with Crippen LogP contribution in [0, 0.1) is 13.8 Å². The molecule has 5 nitrogen and oxygen atoms in total. The molecule has 0 aliphatic carbocycles. The van der Waals surface area contributed by atoms with Crippen LogP contribution in [0.15, 0.2) is 30.3 Å². The molecule has 110 valence electrons. The number of hydrogen-bond acceptors (Lipinski definition) is 3. The summed E-state index contributed by atoms with van der Waals surface area (Å²) in [5.41, 5.74) is 2.44. The van der Waals surface area contributed by atoms with Crippen LogP contribution in [0.5, 0.6) is 0 Å².